The number of imide groups is 1. The summed E-state index contributed by atoms with van der Waals surface area (Å²) in [5.41, 5.74) is 2.03. The molecule has 8 heteroatoms. The second-order valence-corrected chi connectivity index (χ2v) is 9.82. The number of rotatable bonds is 13. The van der Waals surface area contributed by atoms with Gasteiger partial charge in [-0.2, -0.15) is 0 Å². The number of allylic oxidation sites excluding steroid dienone is 7. The van der Waals surface area contributed by atoms with Crippen LogP contribution in [0.5, 0.6) is 0 Å². The Balaban J connectivity index is 1.48. The third-order valence-corrected chi connectivity index (χ3v) is 5.96. The summed E-state index contributed by atoms with van der Waals surface area (Å²) in [5.74, 6) is -0.882. The van der Waals surface area contributed by atoms with Gasteiger partial charge in [-0.25, -0.2) is 0 Å². The maximum Gasteiger partial charge on any atom is 0.253 e. The molecule has 0 saturated heterocycles. The largest absolute Gasteiger partial charge is 0.356 e. The number of unbranched alkanes of at least 4 members (excludes halogenated alkanes) is 4. The van der Waals surface area contributed by atoms with E-state index < -0.39 is 0 Å². The highest BCUT2D eigenvalue weighted by Gasteiger charge is 2.23. The Labute approximate surface area is 209 Å². The molecule has 0 radical (unpaired) electrons. The van der Waals surface area contributed by atoms with Gasteiger partial charge >= 0.3 is 0 Å². The van der Waals surface area contributed by atoms with Crippen molar-refractivity contribution in [3.8, 4) is 0 Å². The quantitative estimate of drug-likeness (QED) is 0.154. The van der Waals surface area contributed by atoms with Crippen LogP contribution in [0.2, 0.25) is 0 Å². The van der Waals surface area contributed by atoms with Crippen molar-refractivity contribution < 1.29 is 19.2 Å². The minimum absolute atomic E-state index is 0.0174. The number of nitrogens with one attached hydrogen (secondary N) is 2. The highest BCUT2D eigenvalue weighted by atomic mass is 127. The minimum Gasteiger partial charge on any atom is -0.356 e. The molecule has 0 saturated carbocycles. The molecule has 1 atom stereocenters. The van der Waals surface area contributed by atoms with Crippen molar-refractivity contribution >= 4 is 46.2 Å². The van der Waals surface area contributed by atoms with Crippen molar-refractivity contribution in [3.63, 3.8) is 0 Å². The Morgan fingerprint density at radius 3 is 2.27 bits per heavy atom. The summed E-state index contributed by atoms with van der Waals surface area (Å²) in [6, 6.07) is 0. The summed E-state index contributed by atoms with van der Waals surface area (Å²) in [6.45, 7) is 2.81. The average molecular weight is 565 g/mol. The first-order valence-corrected chi connectivity index (χ1v) is 12.6. The standard InChI is InChI=1S/C25H32IN3O4/c1-19(26)20-9-7-11-21(12-8-10-20)28-23(31)13-5-3-2-4-6-17-27-22(30)16-18-29-24(32)14-15-25(29)33/h7-12,14-15,19H,2-6,13,16-18H2,1H3,(H,27,30)(H,28,31)/b9-7-,10-8?,11-7?,12-8-,20-9?,20-10+,21-11+,21-12?. The van der Waals surface area contributed by atoms with Crippen LogP contribution in [0.3, 0.4) is 0 Å². The van der Waals surface area contributed by atoms with Crippen molar-refractivity contribution in [2.24, 2.45) is 0 Å². The Morgan fingerprint density at radius 2 is 1.55 bits per heavy atom. The fraction of sp³-hybridized carbons (Fsp3) is 0.440. The number of carbonyl (C=O) groups excluding carboxylic acids is 4. The van der Waals surface area contributed by atoms with E-state index in [-0.39, 0.29) is 36.6 Å². The number of carbonyl (C=O) groups is 4. The van der Waals surface area contributed by atoms with Crippen molar-refractivity contribution in [1.82, 2.24) is 15.5 Å². The van der Waals surface area contributed by atoms with Gasteiger partial charge in [-0.3, -0.25) is 24.1 Å². The van der Waals surface area contributed by atoms with Crippen LogP contribution in [-0.2, 0) is 19.2 Å². The Hall–Kier alpha value is -2.49. The molecule has 4 amide bonds. The summed E-state index contributed by atoms with van der Waals surface area (Å²) in [7, 11) is 0. The van der Waals surface area contributed by atoms with E-state index in [1.165, 1.54) is 17.7 Å². The maximum atomic E-state index is 12.2. The second kappa shape index (κ2) is 14.6. The average Bonchev–Trinajstić information content (AvgIpc) is 3.07. The van der Waals surface area contributed by atoms with Crippen molar-refractivity contribution in [1.29, 1.82) is 0 Å². The number of alkyl halides is 1. The third kappa shape index (κ3) is 10.3. The van der Waals surface area contributed by atoms with Gasteiger partial charge in [-0.05, 0) is 37.5 Å². The molecule has 0 aromatic carbocycles. The van der Waals surface area contributed by atoms with Gasteiger partial charge in [0.25, 0.3) is 11.8 Å². The van der Waals surface area contributed by atoms with Gasteiger partial charge in [0.2, 0.25) is 11.8 Å². The van der Waals surface area contributed by atoms with Crippen LogP contribution < -0.4 is 10.6 Å². The van der Waals surface area contributed by atoms with Crippen LogP contribution in [0.4, 0.5) is 0 Å². The molecule has 0 aromatic rings. The van der Waals surface area contributed by atoms with E-state index in [2.05, 4.69) is 52.3 Å². The Morgan fingerprint density at radius 1 is 0.879 bits per heavy atom. The topological polar surface area (TPSA) is 95.6 Å². The van der Waals surface area contributed by atoms with Gasteiger partial charge in [0.1, 0.15) is 0 Å². The van der Waals surface area contributed by atoms with Crippen LogP contribution in [0.1, 0.15) is 51.9 Å². The number of amides is 4. The Kier molecular flexibility index (Phi) is 11.9. The van der Waals surface area contributed by atoms with E-state index in [0.717, 1.165) is 42.7 Å². The molecule has 0 aromatic heterocycles. The first-order chi connectivity index (χ1) is 15.9. The fourth-order valence-corrected chi connectivity index (χ4v) is 3.75. The van der Waals surface area contributed by atoms with Gasteiger partial charge in [0.05, 0.1) is 0 Å². The molecule has 1 aliphatic heterocycles. The number of halogens is 1. The van der Waals surface area contributed by atoms with Crippen LogP contribution in [-0.4, -0.2) is 45.5 Å². The lowest BCUT2D eigenvalue weighted by molar-refractivity contribution is -0.137. The highest BCUT2D eigenvalue weighted by molar-refractivity contribution is 14.1. The van der Waals surface area contributed by atoms with Gasteiger partial charge in [0.15, 0.2) is 0 Å². The van der Waals surface area contributed by atoms with Crippen LogP contribution >= 0.6 is 22.6 Å². The first kappa shape index (κ1) is 26.8. The van der Waals surface area contributed by atoms with E-state index >= 15 is 0 Å². The van der Waals surface area contributed by atoms with E-state index in [4.69, 9.17) is 0 Å². The van der Waals surface area contributed by atoms with E-state index in [0.29, 0.717) is 16.9 Å². The van der Waals surface area contributed by atoms with Crippen LogP contribution in [0.15, 0.2) is 59.9 Å². The summed E-state index contributed by atoms with van der Waals surface area (Å²) in [4.78, 5) is 47.9. The molecule has 1 heterocycles. The molecule has 0 fully saturated rings. The zero-order valence-electron chi connectivity index (χ0n) is 19.0. The van der Waals surface area contributed by atoms with Crippen molar-refractivity contribution in [3.05, 3.63) is 59.9 Å². The maximum absolute atomic E-state index is 12.2. The molecule has 33 heavy (non-hydrogen) atoms. The fourth-order valence-electron chi connectivity index (χ4n) is 3.33. The molecule has 7 nitrogen and oxygen atoms in total. The van der Waals surface area contributed by atoms with Crippen LogP contribution in [0, 0.1) is 0 Å². The predicted molar refractivity (Wildman–Crippen MR) is 137 cm³/mol. The summed E-state index contributed by atoms with van der Waals surface area (Å²) in [6.07, 6.45) is 19.5. The minimum atomic E-state index is -0.367. The molecule has 0 spiro atoms. The highest BCUT2D eigenvalue weighted by Crippen LogP contribution is 2.15. The molecule has 2 N–H and O–H groups in total. The van der Waals surface area contributed by atoms with E-state index in [1.807, 2.05) is 24.3 Å². The molecule has 1 unspecified atom stereocenters. The molecule has 0 bridgehead atoms. The van der Waals surface area contributed by atoms with Crippen molar-refractivity contribution in [2.45, 2.75) is 55.8 Å². The monoisotopic (exact) mass is 565 g/mol. The molecular weight excluding hydrogens is 533 g/mol. The smallest absolute Gasteiger partial charge is 0.253 e. The molecule has 2 aliphatic rings. The van der Waals surface area contributed by atoms with Gasteiger partial charge in [-0.1, -0.05) is 66.2 Å². The summed E-state index contributed by atoms with van der Waals surface area (Å²) in [5, 5.41) is 5.76. The molecular formula is C25H32IN3O4. The van der Waals surface area contributed by atoms with Gasteiger partial charge < -0.3 is 10.6 Å². The first-order valence-electron chi connectivity index (χ1n) is 11.4. The molecule has 178 valence electrons. The number of nitrogens with zero attached hydrogens (tertiary/aromatic N) is 1. The third-order valence-electron chi connectivity index (χ3n) is 5.24. The molecule has 1 aliphatic carbocycles. The van der Waals surface area contributed by atoms with Crippen molar-refractivity contribution in [2.75, 3.05) is 13.1 Å². The SMILES string of the molecule is CC(I)C1=C/C=C\C(NC(=O)CCCCCCCNC(=O)CCN2C(=O)C=CC2=O)=C/C=C\1. The second-order valence-electron chi connectivity index (χ2n) is 7.95. The van der Waals surface area contributed by atoms with Crippen LogP contribution in [0.25, 0.3) is 0 Å². The molecule has 2 rings (SSSR count). The lowest BCUT2D eigenvalue weighted by Crippen LogP contribution is -2.34. The predicted octanol–water partition coefficient (Wildman–Crippen LogP) is 3.63. The number of hydrogen-bond acceptors (Lipinski definition) is 4. The van der Waals surface area contributed by atoms with E-state index in [9.17, 15) is 19.2 Å². The van der Waals surface area contributed by atoms with Gasteiger partial charge in [-0.15, -0.1) is 0 Å². The summed E-state index contributed by atoms with van der Waals surface area (Å²) < 4.78 is 0.431. The van der Waals surface area contributed by atoms with E-state index in [1.54, 1.807) is 0 Å². The van der Waals surface area contributed by atoms with Gasteiger partial charge in [0, 0.05) is 47.7 Å². The lowest BCUT2D eigenvalue weighted by Gasteiger charge is -2.13. The lowest BCUT2D eigenvalue weighted by atomic mass is 10.1. The number of hydrogen-bond donors (Lipinski definition) is 2. The normalized spacial score (nSPS) is 21.3. The summed E-state index contributed by atoms with van der Waals surface area (Å²) >= 11 is 2.37. The zero-order valence-corrected chi connectivity index (χ0v) is 21.2. The Bertz CT molecular complexity index is 866. The zero-order chi connectivity index (χ0) is 24.1.